The molecule has 1 aliphatic rings. The zero-order chi connectivity index (χ0) is 38.1. The van der Waals surface area contributed by atoms with Gasteiger partial charge in [0.1, 0.15) is 0 Å². The van der Waals surface area contributed by atoms with Crippen LogP contribution >= 0.6 is 0 Å². The van der Waals surface area contributed by atoms with E-state index >= 15 is 0 Å². The SMILES string of the molecule is CC1(C)c2ccccc2-c2ccc(N(c3ccc(-c4ccccc4)cc3)c3ccc(-c4ccc(-n5c6ccccc6c6ccccc65)c5ccccc45)cc3)cc21. The van der Waals surface area contributed by atoms with Crippen molar-refractivity contribution in [3.05, 3.63) is 217 Å². The molecular weight excluding hydrogens is 689 g/mol. The molecule has 1 heterocycles. The van der Waals surface area contributed by atoms with Gasteiger partial charge in [0.15, 0.2) is 0 Å². The van der Waals surface area contributed by atoms with E-state index in [1.54, 1.807) is 0 Å². The Hall–Kier alpha value is -7.16. The number of aromatic nitrogens is 1. The summed E-state index contributed by atoms with van der Waals surface area (Å²) in [6.07, 6.45) is 0. The molecule has 0 unspecified atom stereocenters. The maximum atomic E-state index is 2.43. The maximum absolute atomic E-state index is 2.43. The molecule has 0 N–H and O–H groups in total. The predicted octanol–water partition coefficient (Wildman–Crippen LogP) is 15.0. The van der Waals surface area contributed by atoms with Crippen LogP contribution in [0.4, 0.5) is 17.1 Å². The third-order valence-electron chi connectivity index (χ3n) is 12.2. The Balaban J connectivity index is 1.03. The Bertz CT molecular complexity index is 3080. The number of benzene rings is 9. The van der Waals surface area contributed by atoms with Gasteiger partial charge in [-0.2, -0.15) is 0 Å². The first kappa shape index (κ1) is 33.2. The Kier molecular flexibility index (Phi) is 7.55. The summed E-state index contributed by atoms with van der Waals surface area (Å²) in [6.45, 7) is 4.71. The van der Waals surface area contributed by atoms with Crippen molar-refractivity contribution in [3.8, 4) is 39.1 Å². The molecule has 10 aromatic rings. The molecule has 0 radical (unpaired) electrons. The first-order valence-corrected chi connectivity index (χ1v) is 19.9. The molecule has 9 aromatic carbocycles. The molecule has 270 valence electrons. The fourth-order valence-electron chi connectivity index (χ4n) is 9.41. The van der Waals surface area contributed by atoms with Gasteiger partial charge in [-0.3, -0.25) is 0 Å². The number of para-hydroxylation sites is 2. The molecule has 2 nitrogen and oxygen atoms in total. The Morgan fingerprint density at radius 1 is 0.351 bits per heavy atom. The molecule has 0 atom stereocenters. The molecule has 0 fully saturated rings. The molecule has 0 amide bonds. The van der Waals surface area contributed by atoms with E-state index < -0.39 is 0 Å². The largest absolute Gasteiger partial charge is 0.310 e. The van der Waals surface area contributed by atoms with E-state index in [4.69, 9.17) is 0 Å². The van der Waals surface area contributed by atoms with Crippen LogP contribution in [0.3, 0.4) is 0 Å². The fraction of sp³-hybridized carbons (Fsp3) is 0.0545. The number of nitrogens with zero attached hydrogens (tertiary/aromatic N) is 2. The van der Waals surface area contributed by atoms with Gasteiger partial charge in [-0.05, 0) is 104 Å². The van der Waals surface area contributed by atoms with Crippen LogP contribution in [0.1, 0.15) is 25.0 Å². The predicted molar refractivity (Wildman–Crippen MR) is 241 cm³/mol. The summed E-state index contributed by atoms with van der Waals surface area (Å²) in [7, 11) is 0. The minimum Gasteiger partial charge on any atom is -0.310 e. The van der Waals surface area contributed by atoms with E-state index in [2.05, 4.69) is 230 Å². The van der Waals surface area contributed by atoms with Gasteiger partial charge in [0.25, 0.3) is 0 Å². The molecule has 0 saturated heterocycles. The van der Waals surface area contributed by atoms with Crippen molar-refractivity contribution < 1.29 is 0 Å². The topological polar surface area (TPSA) is 8.17 Å². The lowest BCUT2D eigenvalue weighted by Crippen LogP contribution is -2.16. The Morgan fingerprint density at radius 2 is 0.842 bits per heavy atom. The van der Waals surface area contributed by atoms with Gasteiger partial charge >= 0.3 is 0 Å². The third-order valence-corrected chi connectivity index (χ3v) is 12.2. The second-order valence-corrected chi connectivity index (χ2v) is 15.7. The van der Waals surface area contributed by atoms with Gasteiger partial charge in [-0.25, -0.2) is 0 Å². The second-order valence-electron chi connectivity index (χ2n) is 15.7. The molecule has 2 heteroatoms. The van der Waals surface area contributed by atoms with Crippen molar-refractivity contribution in [2.75, 3.05) is 4.90 Å². The first-order valence-electron chi connectivity index (χ1n) is 19.9. The lowest BCUT2D eigenvalue weighted by Gasteiger charge is -2.28. The molecule has 0 aliphatic heterocycles. The number of anilines is 3. The molecule has 0 spiro atoms. The van der Waals surface area contributed by atoms with Crippen LogP contribution in [-0.4, -0.2) is 4.57 Å². The summed E-state index contributed by atoms with van der Waals surface area (Å²) < 4.78 is 2.43. The van der Waals surface area contributed by atoms with Crippen molar-refractivity contribution >= 4 is 49.6 Å². The molecule has 0 saturated carbocycles. The van der Waals surface area contributed by atoms with Gasteiger partial charge in [0, 0.05) is 38.6 Å². The number of fused-ring (bicyclic) bond motifs is 7. The standard InChI is InChI=1S/C55H40N2/c1-55(2)50-21-11-8-17-45(50)46-33-32-42(36-51(46)55)56(40-28-24-38(25-29-40)37-14-4-3-5-15-37)41-30-26-39(27-31-41)43-34-35-54(47-18-7-6-16-44(43)47)57-52-22-12-9-19-48(52)49-20-10-13-23-53(49)57/h3-36H,1-2H3. The summed E-state index contributed by atoms with van der Waals surface area (Å²) in [5.41, 5.74) is 17.2. The number of hydrogen-bond donors (Lipinski definition) is 0. The van der Waals surface area contributed by atoms with E-state index in [9.17, 15) is 0 Å². The smallest absolute Gasteiger partial charge is 0.0541 e. The van der Waals surface area contributed by atoms with Crippen LogP contribution in [0.2, 0.25) is 0 Å². The summed E-state index contributed by atoms with van der Waals surface area (Å²) in [5, 5.41) is 5.01. The highest BCUT2D eigenvalue weighted by molar-refractivity contribution is 6.11. The van der Waals surface area contributed by atoms with Gasteiger partial charge in [0.2, 0.25) is 0 Å². The monoisotopic (exact) mass is 728 g/mol. The number of rotatable bonds is 6. The molecule has 1 aromatic heterocycles. The molecular formula is C55H40N2. The normalized spacial score (nSPS) is 12.9. The lowest BCUT2D eigenvalue weighted by molar-refractivity contribution is 0.660. The van der Waals surface area contributed by atoms with Crippen molar-refractivity contribution in [1.82, 2.24) is 4.57 Å². The Morgan fingerprint density at radius 3 is 1.53 bits per heavy atom. The average molecular weight is 729 g/mol. The van der Waals surface area contributed by atoms with Crippen LogP contribution in [0.5, 0.6) is 0 Å². The van der Waals surface area contributed by atoms with E-state index in [1.807, 2.05) is 0 Å². The maximum Gasteiger partial charge on any atom is 0.0541 e. The summed E-state index contributed by atoms with van der Waals surface area (Å²) in [5.74, 6) is 0. The first-order chi connectivity index (χ1) is 28.0. The van der Waals surface area contributed by atoms with E-state index in [0.29, 0.717) is 0 Å². The molecule has 1 aliphatic carbocycles. The summed E-state index contributed by atoms with van der Waals surface area (Å²) in [4.78, 5) is 2.40. The quantitative estimate of drug-likeness (QED) is 0.165. The summed E-state index contributed by atoms with van der Waals surface area (Å²) >= 11 is 0. The van der Waals surface area contributed by atoms with Gasteiger partial charge < -0.3 is 9.47 Å². The van der Waals surface area contributed by atoms with Crippen LogP contribution < -0.4 is 4.90 Å². The van der Waals surface area contributed by atoms with Crippen LogP contribution in [0, 0.1) is 0 Å². The van der Waals surface area contributed by atoms with Crippen LogP contribution in [0.25, 0.3) is 71.6 Å². The van der Waals surface area contributed by atoms with Gasteiger partial charge in [-0.1, -0.05) is 166 Å². The minimum absolute atomic E-state index is 0.0962. The highest BCUT2D eigenvalue weighted by atomic mass is 15.1. The zero-order valence-corrected chi connectivity index (χ0v) is 32.0. The highest BCUT2D eigenvalue weighted by Gasteiger charge is 2.35. The zero-order valence-electron chi connectivity index (χ0n) is 32.0. The molecule has 11 rings (SSSR count). The Labute approximate surface area is 333 Å². The van der Waals surface area contributed by atoms with Gasteiger partial charge in [0.05, 0.1) is 16.7 Å². The molecule has 0 bridgehead atoms. The van der Waals surface area contributed by atoms with Crippen LogP contribution in [-0.2, 0) is 5.41 Å². The molecule has 57 heavy (non-hydrogen) atoms. The van der Waals surface area contributed by atoms with Crippen molar-refractivity contribution in [1.29, 1.82) is 0 Å². The van der Waals surface area contributed by atoms with E-state index in [-0.39, 0.29) is 5.41 Å². The van der Waals surface area contributed by atoms with Gasteiger partial charge in [-0.15, -0.1) is 0 Å². The average Bonchev–Trinajstić information content (AvgIpc) is 3.72. The summed E-state index contributed by atoms with van der Waals surface area (Å²) in [6, 6.07) is 75.6. The number of hydrogen-bond acceptors (Lipinski definition) is 1. The van der Waals surface area contributed by atoms with E-state index in [1.165, 1.54) is 82.8 Å². The second kappa shape index (κ2) is 13.0. The highest BCUT2D eigenvalue weighted by Crippen LogP contribution is 2.51. The lowest BCUT2D eigenvalue weighted by atomic mass is 9.82. The fourth-order valence-corrected chi connectivity index (χ4v) is 9.41. The van der Waals surface area contributed by atoms with Crippen molar-refractivity contribution in [2.24, 2.45) is 0 Å². The minimum atomic E-state index is -0.0962. The third kappa shape index (κ3) is 5.25. The van der Waals surface area contributed by atoms with Crippen molar-refractivity contribution in [3.63, 3.8) is 0 Å². The van der Waals surface area contributed by atoms with Crippen LogP contribution in [0.15, 0.2) is 206 Å². The van der Waals surface area contributed by atoms with E-state index in [0.717, 1.165) is 17.1 Å². The van der Waals surface area contributed by atoms with Crippen molar-refractivity contribution in [2.45, 2.75) is 19.3 Å².